The van der Waals surface area contributed by atoms with E-state index < -0.39 is 0 Å². The van der Waals surface area contributed by atoms with E-state index in [0.717, 1.165) is 13.1 Å². The third kappa shape index (κ3) is 3.07. The van der Waals surface area contributed by atoms with Gasteiger partial charge < -0.3 is 4.74 Å². The van der Waals surface area contributed by atoms with Crippen molar-refractivity contribution in [2.24, 2.45) is 0 Å². The van der Waals surface area contributed by atoms with E-state index in [0.29, 0.717) is 17.9 Å². The number of para-hydroxylation sites is 1. The summed E-state index contributed by atoms with van der Waals surface area (Å²) in [6, 6.07) is 7.35. The summed E-state index contributed by atoms with van der Waals surface area (Å²) in [4.78, 5) is 14.1. The highest BCUT2D eigenvalue weighted by Crippen LogP contribution is 2.17. The summed E-state index contributed by atoms with van der Waals surface area (Å²) in [6.07, 6.45) is 0. The average molecular weight is 221 g/mol. The van der Waals surface area contributed by atoms with Gasteiger partial charge in [0.05, 0.1) is 19.2 Å². The molecule has 0 atom stereocenters. The highest BCUT2D eigenvalue weighted by molar-refractivity contribution is 6.00. The lowest BCUT2D eigenvalue weighted by atomic mass is 10.1. The number of hydrogen-bond acceptors (Lipinski definition) is 3. The van der Waals surface area contributed by atoms with Crippen molar-refractivity contribution in [1.29, 1.82) is 0 Å². The first-order valence-corrected chi connectivity index (χ1v) is 5.61. The number of Topliss-reactive ketones (excluding diaryl/α,β-unsaturated/α-hetero) is 1. The predicted octanol–water partition coefficient (Wildman–Crippen LogP) is 2.22. The molecule has 1 aromatic carbocycles. The van der Waals surface area contributed by atoms with Crippen LogP contribution >= 0.6 is 0 Å². The molecule has 88 valence electrons. The van der Waals surface area contributed by atoms with E-state index >= 15 is 0 Å². The van der Waals surface area contributed by atoms with Gasteiger partial charge in [-0.1, -0.05) is 26.0 Å². The highest BCUT2D eigenvalue weighted by Gasteiger charge is 2.13. The zero-order valence-corrected chi connectivity index (χ0v) is 10.2. The van der Waals surface area contributed by atoms with Crippen LogP contribution in [0, 0.1) is 0 Å². The van der Waals surface area contributed by atoms with Gasteiger partial charge in [0.15, 0.2) is 5.78 Å². The number of carbonyl (C=O) groups excluding carboxylic acids is 1. The third-order valence-corrected chi connectivity index (χ3v) is 2.67. The van der Waals surface area contributed by atoms with Gasteiger partial charge in [-0.2, -0.15) is 0 Å². The van der Waals surface area contributed by atoms with E-state index in [4.69, 9.17) is 4.74 Å². The predicted molar refractivity (Wildman–Crippen MR) is 65.1 cm³/mol. The Morgan fingerprint density at radius 1 is 1.25 bits per heavy atom. The monoisotopic (exact) mass is 221 g/mol. The van der Waals surface area contributed by atoms with Crippen molar-refractivity contribution in [2.45, 2.75) is 13.8 Å². The summed E-state index contributed by atoms with van der Waals surface area (Å²) in [5, 5.41) is 0. The molecule has 0 bridgehead atoms. The summed E-state index contributed by atoms with van der Waals surface area (Å²) < 4.78 is 5.18. The summed E-state index contributed by atoms with van der Waals surface area (Å²) in [5.74, 6) is 0.765. The number of carbonyl (C=O) groups is 1. The number of ether oxygens (including phenoxy) is 1. The van der Waals surface area contributed by atoms with Crippen molar-refractivity contribution < 1.29 is 9.53 Å². The minimum atomic E-state index is 0.112. The SMILES string of the molecule is CCN(CC)CC(=O)c1ccccc1OC. The standard InChI is InChI=1S/C13H19NO2/c1-4-14(5-2)10-12(15)11-8-6-7-9-13(11)16-3/h6-9H,4-5,10H2,1-3H3. The van der Waals surface area contributed by atoms with Crippen LogP contribution in [0.3, 0.4) is 0 Å². The van der Waals surface area contributed by atoms with E-state index in [1.165, 1.54) is 0 Å². The number of benzene rings is 1. The summed E-state index contributed by atoms with van der Waals surface area (Å²) in [7, 11) is 1.59. The van der Waals surface area contributed by atoms with Crippen LogP contribution in [-0.2, 0) is 0 Å². The Bertz CT molecular complexity index is 346. The number of methoxy groups -OCH3 is 1. The van der Waals surface area contributed by atoms with Crippen LogP contribution in [0.25, 0.3) is 0 Å². The van der Waals surface area contributed by atoms with Gasteiger partial charge in [0, 0.05) is 0 Å². The summed E-state index contributed by atoms with van der Waals surface area (Å²) in [5.41, 5.74) is 0.664. The van der Waals surface area contributed by atoms with Crippen LogP contribution < -0.4 is 4.74 Å². The first kappa shape index (κ1) is 12.7. The number of rotatable bonds is 6. The normalized spacial score (nSPS) is 10.5. The summed E-state index contributed by atoms with van der Waals surface area (Å²) in [6.45, 7) is 6.33. The maximum absolute atomic E-state index is 12.0. The molecule has 0 N–H and O–H groups in total. The smallest absolute Gasteiger partial charge is 0.180 e. The number of likely N-dealkylation sites (N-methyl/N-ethyl adjacent to an activating group) is 1. The summed E-state index contributed by atoms with van der Waals surface area (Å²) >= 11 is 0. The minimum Gasteiger partial charge on any atom is -0.496 e. The maximum Gasteiger partial charge on any atom is 0.180 e. The van der Waals surface area contributed by atoms with Gasteiger partial charge in [0.1, 0.15) is 5.75 Å². The van der Waals surface area contributed by atoms with Gasteiger partial charge in [-0.15, -0.1) is 0 Å². The topological polar surface area (TPSA) is 29.5 Å². The van der Waals surface area contributed by atoms with Gasteiger partial charge in [0.25, 0.3) is 0 Å². The van der Waals surface area contributed by atoms with Crippen LogP contribution in [0.1, 0.15) is 24.2 Å². The van der Waals surface area contributed by atoms with Crippen LogP contribution in [0.2, 0.25) is 0 Å². The van der Waals surface area contributed by atoms with Gasteiger partial charge >= 0.3 is 0 Å². The largest absolute Gasteiger partial charge is 0.496 e. The van der Waals surface area contributed by atoms with Crippen molar-refractivity contribution in [2.75, 3.05) is 26.7 Å². The number of hydrogen-bond donors (Lipinski definition) is 0. The van der Waals surface area contributed by atoms with Crippen LogP contribution in [0.5, 0.6) is 5.75 Å². The molecule has 1 aromatic rings. The van der Waals surface area contributed by atoms with Gasteiger partial charge in [-0.25, -0.2) is 0 Å². The fourth-order valence-electron chi connectivity index (χ4n) is 1.61. The number of ketones is 1. The molecule has 0 heterocycles. The quantitative estimate of drug-likeness (QED) is 0.690. The molecule has 0 unspecified atom stereocenters. The second kappa shape index (κ2) is 6.28. The van der Waals surface area contributed by atoms with E-state index in [-0.39, 0.29) is 5.78 Å². The fourth-order valence-corrected chi connectivity index (χ4v) is 1.61. The van der Waals surface area contributed by atoms with E-state index in [2.05, 4.69) is 18.7 Å². The van der Waals surface area contributed by atoms with E-state index in [1.807, 2.05) is 24.3 Å². The molecule has 3 heteroatoms. The van der Waals surface area contributed by atoms with Crippen LogP contribution in [0.4, 0.5) is 0 Å². The van der Waals surface area contributed by atoms with Gasteiger partial charge in [-0.3, -0.25) is 9.69 Å². The lowest BCUT2D eigenvalue weighted by molar-refractivity contribution is 0.0934. The fraction of sp³-hybridized carbons (Fsp3) is 0.462. The van der Waals surface area contributed by atoms with Crippen LogP contribution in [-0.4, -0.2) is 37.4 Å². The van der Waals surface area contributed by atoms with Crippen molar-refractivity contribution >= 4 is 5.78 Å². The maximum atomic E-state index is 12.0. The lowest BCUT2D eigenvalue weighted by Gasteiger charge is -2.17. The Balaban J connectivity index is 2.79. The molecule has 1 rings (SSSR count). The van der Waals surface area contributed by atoms with Crippen LogP contribution in [0.15, 0.2) is 24.3 Å². The molecule has 0 spiro atoms. The van der Waals surface area contributed by atoms with Gasteiger partial charge in [-0.05, 0) is 25.2 Å². The molecule has 0 aromatic heterocycles. The van der Waals surface area contributed by atoms with Gasteiger partial charge in [0.2, 0.25) is 0 Å². The molecule has 0 fully saturated rings. The molecule has 0 aliphatic heterocycles. The third-order valence-electron chi connectivity index (χ3n) is 2.67. The zero-order chi connectivity index (χ0) is 12.0. The molecule has 3 nitrogen and oxygen atoms in total. The molecular formula is C13H19NO2. The highest BCUT2D eigenvalue weighted by atomic mass is 16.5. The first-order valence-electron chi connectivity index (χ1n) is 5.61. The molecular weight excluding hydrogens is 202 g/mol. The zero-order valence-electron chi connectivity index (χ0n) is 10.2. The van der Waals surface area contributed by atoms with Crippen molar-refractivity contribution in [3.8, 4) is 5.75 Å². The van der Waals surface area contributed by atoms with Crippen molar-refractivity contribution in [3.05, 3.63) is 29.8 Å². The second-order valence-electron chi connectivity index (χ2n) is 3.58. The lowest BCUT2D eigenvalue weighted by Crippen LogP contribution is -2.29. The van der Waals surface area contributed by atoms with Crippen molar-refractivity contribution in [3.63, 3.8) is 0 Å². The van der Waals surface area contributed by atoms with E-state index in [1.54, 1.807) is 7.11 Å². The Kier molecular flexibility index (Phi) is 4.99. The molecule has 0 saturated heterocycles. The Labute approximate surface area is 97.0 Å². The molecule has 0 aliphatic carbocycles. The Morgan fingerprint density at radius 2 is 1.88 bits per heavy atom. The second-order valence-corrected chi connectivity index (χ2v) is 3.58. The minimum absolute atomic E-state index is 0.112. The average Bonchev–Trinajstić information content (AvgIpc) is 2.35. The Morgan fingerprint density at radius 3 is 2.44 bits per heavy atom. The molecule has 0 amide bonds. The molecule has 0 aliphatic rings. The van der Waals surface area contributed by atoms with Crippen molar-refractivity contribution in [1.82, 2.24) is 4.90 Å². The Hall–Kier alpha value is -1.35. The first-order chi connectivity index (χ1) is 7.72. The number of nitrogens with zero attached hydrogens (tertiary/aromatic N) is 1. The molecule has 0 saturated carbocycles. The molecule has 16 heavy (non-hydrogen) atoms. The van der Waals surface area contributed by atoms with E-state index in [9.17, 15) is 4.79 Å². The molecule has 0 radical (unpaired) electrons.